The summed E-state index contributed by atoms with van der Waals surface area (Å²) in [7, 11) is 0. The van der Waals surface area contributed by atoms with Gasteiger partial charge in [0.05, 0.1) is 25.9 Å². The molecule has 3 aromatic rings. The third-order valence-electron chi connectivity index (χ3n) is 6.31. The Bertz CT molecular complexity index is 1050. The molecule has 2 aliphatic rings. The Morgan fingerprint density at radius 1 is 1.00 bits per heavy atom. The maximum Gasteiger partial charge on any atom is 0.224 e. The molecule has 5 heteroatoms. The van der Waals surface area contributed by atoms with Gasteiger partial charge in [0.2, 0.25) is 5.91 Å². The highest BCUT2D eigenvalue weighted by Gasteiger charge is 2.17. The second-order valence-electron chi connectivity index (χ2n) is 8.34. The number of ether oxygens (including phenoxy) is 1. The van der Waals surface area contributed by atoms with E-state index in [1.807, 2.05) is 6.07 Å². The van der Waals surface area contributed by atoms with Gasteiger partial charge in [-0.3, -0.25) is 9.69 Å². The molecule has 1 aromatic heterocycles. The van der Waals surface area contributed by atoms with Crippen LogP contribution in [0.3, 0.4) is 0 Å². The van der Waals surface area contributed by atoms with Crippen LogP contribution in [-0.2, 0) is 41.9 Å². The van der Waals surface area contributed by atoms with Gasteiger partial charge in [0.25, 0.3) is 0 Å². The number of furan rings is 1. The van der Waals surface area contributed by atoms with Crippen molar-refractivity contribution in [2.45, 2.75) is 38.8 Å². The van der Waals surface area contributed by atoms with Gasteiger partial charge in [-0.05, 0) is 53.6 Å². The van der Waals surface area contributed by atoms with Crippen LogP contribution in [0.5, 0.6) is 0 Å². The number of aryl methyl sites for hydroxylation is 2. The topological polar surface area (TPSA) is 54.7 Å². The molecule has 2 aromatic carbocycles. The highest BCUT2D eigenvalue weighted by Crippen LogP contribution is 2.30. The third-order valence-corrected chi connectivity index (χ3v) is 6.31. The summed E-state index contributed by atoms with van der Waals surface area (Å²) in [6.07, 6.45) is 5.55. The number of rotatable bonds is 6. The Morgan fingerprint density at radius 2 is 1.77 bits per heavy atom. The minimum atomic E-state index is 0.0272. The summed E-state index contributed by atoms with van der Waals surface area (Å²) < 4.78 is 11.2. The zero-order chi connectivity index (χ0) is 20.3. The van der Waals surface area contributed by atoms with Crippen molar-refractivity contribution < 1.29 is 13.9 Å². The number of morpholine rings is 1. The summed E-state index contributed by atoms with van der Waals surface area (Å²) in [6.45, 7) is 4.94. The van der Waals surface area contributed by atoms with Gasteiger partial charge in [0, 0.05) is 37.1 Å². The van der Waals surface area contributed by atoms with E-state index in [9.17, 15) is 4.79 Å². The highest BCUT2D eigenvalue weighted by molar-refractivity contribution is 5.88. The number of nitrogens with zero attached hydrogens (tertiary/aromatic N) is 1. The Balaban J connectivity index is 1.23. The lowest BCUT2D eigenvalue weighted by Gasteiger charge is -2.27. The first kappa shape index (κ1) is 19.3. The van der Waals surface area contributed by atoms with Crippen LogP contribution in [0.2, 0.25) is 0 Å². The zero-order valence-corrected chi connectivity index (χ0v) is 17.3. The first-order valence-electron chi connectivity index (χ1n) is 10.9. The fourth-order valence-corrected chi connectivity index (χ4v) is 4.60. The number of hydrogen-bond acceptors (Lipinski definition) is 4. The van der Waals surface area contributed by atoms with E-state index < -0.39 is 0 Å². The van der Waals surface area contributed by atoms with Crippen LogP contribution in [0, 0.1) is 0 Å². The van der Waals surface area contributed by atoms with Gasteiger partial charge >= 0.3 is 0 Å². The molecule has 1 saturated heterocycles. The summed E-state index contributed by atoms with van der Waals surface area (Å²) in [5.74, 6) is 0.0272. The van der Waals surface area contributed by atoms with Crippen LogP contribution >= 0.6 is 0 Å². The van der Waals surface area contributed by atoms with Crippen LogP contribution in [0.15, 0.2) is 47.1 Å². The summed E-state index contributed by atoms with van der Waals surface area (Å²) in [5, 5.41) is 4.19. The fraction of sp³-hybridized carbons (Fsp3) is 0.400. The number of benzene rings is 2. The molecule has 1 N–H and O–H groups in total. The van der Waals surface area contributed by atoms with Crippen molar-refractivity contribution in [3.8, 4) is 0 Å². The van der Waals surface area contributed by atoms with Gasteiger partial charge in [0.15, 0.2) is 0 Å². The van der Waals surface area contributed by atoms with Crippen molar-refractivity contribution >= 4 is 16.9 Å². The summed E-state index contributed by atoms with van der Waals surface area (Å²) >= 11 is 0. The van der Waals surface area contributed by atoms with Gasteiger partial charge in [-0.2, -0.15) is 0 Å². The van der Waals surface area contributed by atoms with E-state index in [4.69, 9.17) is 9.15 Å². The van der Waals surface area contributed by atoms with E-state index in [2.05, 4.69) is 40.5 Å². The lowest BCUT2D eigenvalue weighted by molar-refractivity contribution is -0.120. The number of carbonyl (C=O) groups excluding carboxylic acids is 1. The number of carbonyl (C=O) groups is 1. The van der Waals surface area contributed by atoms with E-state index in [1.54, 1.807) is 6.26 Å². The Hall–Kier alpha value is -2.63. The molecule has 2 heterocycles. The predicted octanol–water partition coefficient (Wildman–Crippen LogP) is 3.61. The van der Waals surface area contributed by atoms with Crippen LogP contribution in [0.1, 0.15) is 34.2 Å². The average Bonchev–Trinajstić information content (AvgIpc) is 3.39. The molecule has 1 aliphatic carbocycles. The molecule has 1 aliphatic heterocycles. The molecule has 0 radical (unpaired) electrons. The minimum Gasteiger partial charge on any atom is -0.464 e. The van der Waals surface area contributed by atoms with Crippen molar-refractivity contribution in [2.75, 3.05) is 26.3 Å². The largest absolute Gasteiger partial charge is 0.464 e. The minimum absolute atomic E-state index is 0.0272. The molecule has 5 rings (SSSR count). The molecule has 5 nitrogen and oxygen atoms in total. The maximum atomic E-state index is 12.7. The van der Waals surface area contributed by atoms with Crippen molar-refractivity contribution in [3.05, 3.63) is 70.5 Å². The summed E-state index contributed by atoms with van der Waals surface area (Å²) in [5.41, 5.74) is 7.11. The normalized spacial score (nSPS) is 16.7. The molecule has 0 saturated carbocycles. The molecular formula is C25H28N2O3. The Morgan fingerprint density at radius 3 is 2.60 bits per heavy atom. The van der Waals surface area contributed by atoms with Crippen LogP contribution in [0.4, 0.5) is 0 Å². The van der Waals surface area contributed by atoms with Gasteiger partial charge in [-0.15, -0.1) is 0 Å². The van der Waals surface area contributed by atoms with Crippen molar-refractivity contribution in [1.29, 1.82) is 0 Å². The molecule has 0 atom stereocenters. The zero-order valence-electron chi connectivity index (χ0n) is 17.3. The molecule has 0 bridgehead atoms. The molecular weight excluding hydrogens is 376 g/mol. The third kappa shape index (κ3) is 4.13. The quantitative estimate of drug-likeness (QED) is 0.682. The molecule has 156 valence electrons. The molecule has 0 spiro atoms. The monoisotopic (exact) mass is 404 g/mol. The first-order chi connectivity index (χ1) is 14.8. The molecule has 30 heavy (non-hydrogen) atoms. The van der Waals surface area contributed by atoms with E-state index in [-0.39, 0.29) is 5.91 Å². The van der Waals surface area contributed by atoms with E-state index in [0.29, 0.717) is 13.0 Å². The van der Waals surface area contributed by atoms with Crippen LogP contribution in [-0.4, -0.2) is 37.1 Å². The SMILES string of the molecule is O=C(Cc1coc2cc3c(cc12)CCC3)NCc1ccccc1CN1CCOCC1. The van der Waals surface area contributed by atoms with Crippen molar-refractivity contribution in [2.24, 2.45) is 0 Å². The smallest absolute Gasteiger partial charge is 0.224 e. The lowest BCUT2D eigenvalue weighted by atomic mass is 10.0. The number of hydrogen-bond donors (Lipinski definition) is 1. The maximum absolute atomic E-state index is 12.7. The van der Waals surface area contributed by atoms with E-state index in [1.165, 1.54) is 28.7 Å². The first-order valence-corrected chi connectivity index (χ1v) is 10.9. The highest BCUT2D eigenvalue weighted by atomic mass is 16.5. The molecule has 1 amide bonds. The standard InChI is InChI=1S/C25H28N2O3/c28-25(14-22-17-30-24-13-19-7-3-6-18(19)12-23(22)24)26-15-20-4-1-2-5-21(20)16-27-8-10-29-11-9-27/h1-2,4-5,12-13,17H,3,6-11,14-16H2,(H,26,28). The van der Waals surface area contributed by atoms with E-state index >= 15 is 0 Å². The van der Waals surface area contributed by atoms with Gasteiger partial charge in [0.1, 0.15) is 5.58 Å². The molecule has 1 fully saturated rings. The summed E-state index contributed by atoms with van der Waals surface area (Å²) in [6, 6.07) is 12.7. The predicted molar refractivity (Wildman–Crippen MR) is 116 cm³/mol. The van der Waals surface area contributed by atoms with Gasteiger partial charge < -0.3 is 14.5 Å². The van der Waals surface area contributed by atoms with Gasteiger partial charge in [-0.1, -0.05) is 24.3 Å². The van der Waals surface area contributed by atoms with Crippen molar-refractivity contribution in [3.63, 3.8) is 0 Å². The van der Waals surface area contributed by atoms with Crippen LogP contribution in [0.25, 0.3) is 11.0 Å². The number of nitrogens with one attached hydrogen (secondary N) is 1. The van der Waals surface area contributed by atoms with E-state index in [0.717, 1.165) is 62.2 Å². The summed E-state index contributed by atoms with van der Waals surface area (Å²) in [4.78, 5) is 15.1. The Kier molecular flexibility index (Phi) is 5.56. The second-order valence-corrected chi connectivity index (χ2v) is 8.34. The second kappa shape index (κ2) is 8.62. The average molecular weight is 405 g/mol. The lowest BCUT2D eigenvalue weighted by Crippen LogP contribution is -2.36. The van der Waals surface area contributed by atoms with Crippen LogP contribution < -0.4 is 5.32 Å². The van der Waals surface area contributed by atoms with Gasteiger partial charge in [-0.25, -0.2) is 0 Å². The Labute approximate surface area is 177 Å². The number of amides is 1. The molecule has 0 unspecified atom stereocenters. The number of fused-ring (bicyclic) bond motifs is 2. The van der Waals surface area contributed by atoms with Crippen molar-refractivity contribution in [1.82, 2.24) is 10.2 Å². The fourth-order valence-electron chi connectivity index (χ4n) is 4.60.